The van der Waals surface area contributed by atoms with Crippen molar-refractivity contribution in [2.75, 3.05) is 20.2 Å². The standard InChI is InChI=1S/C16H21NO3/c1-11-8-12(2)10-14(9-11)13-4-6-17(7-5-13)15(18)16(19)20-3/h8-10,13H,4-7H2,1-3H3. The lowest BCUT2D eigenvalue weighted by atomic mass is 9.88. The molecule has 1 saturated heterocycles. The van der Waals surface area contributed by atoms with Gasteiger partial charge >= 0.3 is 11.9 Å². The fourth-order valence-electron chi connectivity index (χ4n) is 2.88. The molecule has 108 valence electrons. The molecule has 0 bridgehead atoms. The van der Waals surface area contributed by atoms with E-state index >= 15 is 0 Å². The van der Waals surface area contributed by atoms with Crippen molar-refractivity contribution in [3.05, 3.63) is 34.9 Å². The first-order valence-electron chi connectivity index (χ1n) is 6.96. The van der Waals surface area contributed by atoms with Gasteiger partial charge in [0.2, 0.25) is 0 Å². The summed E-state index contributed by atoms with van der Waals surface area (Å²) in [5, 5.41) is 0. The SMILES string of the molecule is COC(=O)C(=O)N1CCC(c2cc(C)cc(C)c2)CC1. The average molecular weight is 275 g/mol. The van der Waals surface area contributed by atoms with E-state index in [0.29, 0.717) is 19.0 Å². The van der Waals surface area contributed by atoms with Crippen molar-refractivity contribution >= 4 is 11.9 Å². The Labute approximate surface area is 119 Å². The van der Waals surface area contributed by atoms with E-state index in [1.54, 1.807) is 4.90 Å². The summed E-state index contributed by atoms with van der Waals surface area (Å²) >= 11 is 0. The first-order chi connectivity index (χ1) is 9.51. The molecular weight excluding hydrogens is 254 g/mol. The van der Waals surface area contributed by atoms with E-state index in [4.69, 9.17) is 0 Å². The number of hydrogen-bond donors (Lipinski definition) is 0. The van der Waals surface area contributed by atoms with Crippen molar-refractivity contribution in [1.29, 1.82) is 0 Å². The molecule has 1 amide bonds. The van der Waals surface area contributed by atoms with E-state index in [1.807, 2.05) is 0 Å². The molecule has 1 aromatic carbocycles. The van der Waals surface area contributed by atoms with Crippen LogP contribution in [-0.4, -0.2) is 37.0 Å². The Hall–Kier alpha value is -1.84. The van der Waals surface area contributed by atoms with Crippen LogP contribution in [0.25, 0.3) is 0 Å². The molecule has 0 aromatic heterocycles. The predicted molar refractivity (Wildman–Crippen MR) is 76.5 cm³/mol. The van der Waals surface area contributed by atoms with Crippen molar-refractivity contribution in [2.45, 2.75) is 32.6 Å². The van der Waals surface area contributed by atoms with Crippen molar-refractivity contribution in [3.63, 3.8) is 0 Å². The van der Waals surface area contributed by atoms with Gasteiger partial charge in [-0.05, 0) is 38.2 Å². The number of carbonyl (C=O) groups excluding carboxylic acids is 2. The van der Waals surface area contributed by atoms with Crippen molar-refractivity contribution in [2.24, 2.45) is 0 Å². The number of rotatable bonds is 1. The van der Waals surface area contributed by atoms with Crippen LogP contribution in [-0.2, 0) is 14.3 Å². The largest absolute Gasteiger partial charge is 0.462 e. The topological polar surface area (TPSA) is 46.6 Å². The molecule has 20 heavy (non-hydrogen) atoms. The summed E-state index contributed by atoms with van der Waals surface area (Å²) in [6.07, 6.45) is 1.79. The highest BCUT2D eigenvalue weighted by atomic mass is 16.5. The minimum Gasteiger partial charge on any atom is -0.462 e. The number of benzene rings is 1. The molecule has 0 atom stereocenters. The van der Waals surface area contributed by atoms with Gasteiger partial charge < -0.3 is 9.64 Å². The van der Waals surface area contributed by atoms with Gasteiger partial charge in [0.25, 0.3) is 0 Å². The lowest BCUT2D eigenvalue weighted by molar-refractivity contribution is -0.158. The zero-order valence-corrected chi connectivity index (χ0v) is 12.3. The van der Waals surface area contributed by atoms with Gasteiger partial charge in [0.15, 0.2) is 0 Å². The molecule has 0 N–H and O–H groups in total. The Morgan fingerprint density at radius 1 is 1.10 bits per heavy atom. The van der Waals surface area contributed by atoms with E-state index in [0.717, 1.165) is 12.8 Å². The van der Waals surface area contributed by atoms with E-state index in [9.17, 15) is 9.59 Å². The monoisotopic (exact) mass is 275 g/mol. The maximum Gasteiger partial charge on any atom is 0.396 e. The van der Waals surface area contributed by atoms with Gasteiger partial charge in [0, 0.05) is 13.1 Å². The summed E-state index contributed by atoms with van der Waals surface area (Å²) < 4.78 is 4.48. The van der Waals surface area contributed by atoms with Gasteiger partial charge in [-0.3, -0.25) is 4.79 Å². The zero-order chi connectivity index (χ0) is 14.7. The molecule has 0 aliphatic carbocycles. The van der Waals surface area contributed by atoms with Crippen LogP contribution in [0.3, 0.4) is 0 Å². The van der Waals surface area contributed by atoms with Crippen LogP contribution in [0.5, 0.6) is 0 Å². The molecule has 1 aliphatic rings. The number of nitrogens with zero attached hydrogens (tertiary/aromatic N) is 1. The van der Waals surface area contributed by atoms with Gasteiger partial charge in [-0.15, -0.1) is 0 Å². The lowest BCUT2D eigenvalue weighted by Crippen LogP contribution is -2.42. The Balaban J connectivity index is 2.00. The predicted octanol–water partition coefficient (Wildman–Crippen LogP) is 2.18. The van der Waals surface area contributed by atoms with Crippen LogP contribution in [0.2, 0.25) is 0 Å². The molecule has 1 aliphatic heterocycles. The molecular formula is C16H21NO3. The third kappa shape index (κ3) is 3.18. The highest BCUT2D eigenvalue weighted by Gasteiger charge is 2.28. The summed E-state index contributed by atoms with van der Waals surface area (Å²) in [4.78, 5) is 24.6. The highest BCUT2D eigenvalue weighted by Crippen LogP contribution is 2.29. The molecule has 1 fully saturated rings. The van der Waals surface area contributed by atoms with Crippen molar-refractivity contribution < 1.29 is 14.3 Å². The Morgan fingerprint density at radius 2 is 1.65 bits per heavy atom. The third-order valence-electron chi connectivity index (χ3n) is 3.86. The van der Waals surface area contributed by atoms with Gasteiger partial charge in [-0.2, -0.15) is 0 Å². The number of carbonyl (C=O) groups is 2. The summed E-state index contributed by atoms with van der Waals surface area (Å²) in [5.74, 6) is -0.823. The van der Waals surface area contributed by atoms with Crippen molar-refractivity contribution in [1.82, 2.24) is 4.90 Å². The van der Waals surface area contributed by atoms with E-state index in [1.165, 1.54) is 23.8 Å². The van der Waals surface area contributed by atoms with Crippen LogP contribution >= 0.6 is 0 Å². The maximum atomic E-state index is 11.7. The average Bonchev–Trinajstić information content (AvgIpc) is 2.45. The normalized spacial score (nSPS) is 16.1. The minimum absolute atomic E-state index is 0.468. The highest BCUT2D eigenvalue weighted by molar-refractivity contribution is 6.32. The van der Waals surface area contributed by atoms with Crippen molar-refractivity contribution in [3.8, 4) is 0 Å². The number of hydrogen-bond acceptors (Lipinski definition) is 3. The molecule has 4 nitrogen and oxygen atoms in total. The number of likely N-dealkylation sites (tertiary alicyclic amines) is 1. The molecule has 1 aromatic rings. The smallest absolute Gasteiger partial charge is 0.396 e. The van der Waals surface area contributed by atoms with Gasteiger partial charge in [0.1, 0.15) is 0 Å². The second-order valence-electron chi connectivity index (χ2n) is 5.48. The van der Waals surface area contributed by atoms with Crippen LogP contribution in [0, 0.1) is 13.8 Å². The third-order valence-corrected chi connectivity index (χ3v) is 3.86. The Morgan fingerprint density at radius 3 is 2.15 bits per heavy atom. The molecule has 0 spiro atoms. The van der Waals surface area contributed by atoms with Crippen LogP contribution in [0.1, 0.15) is 35.4 Å². The number of piperidine rings is 1. The number of methoxy groups -OCH3 is 1. The van der Waals surface area contributed by atoms with E-state index in [-0.39, 0.29) is 0 Å². The molecule has 0 radical (unpaired) electrons. The number of aryl methyl sites for hydroxylation is 2. The van der Waals surface area contributed by atoms with Gasteiger partial charge in [0.05, 0.1) is 7.11 Å². The maximum absolute atomic E-state index is 11.7. The number of amides is 1. The number of ether oxygens (including phenoxy) is 1. The molecule has 0 saturated carbocycles. The van der Waals surface area contributed by atoms with Crippen LogP contribution in [0.4, 0.5) is 0 Å². The fourth-order valence-corrected chi connectivity index (χ4v) is 2.88. The summed E-state index contributed by atoms with van der Waals surface area (Å²) in [6, 6.07) is 6.60. The quantitative estimate of drug-likeness (QED) is 0.583. The second-order valence-corrected chi connectivity index (χ2v) is 5.48. The first-order valence-corrected chi connectivity index (χ1v) is 6.96. The Bertz CT molecular complexity index is 496. The Kier molecular flexibility index (Phi) is 4.42. The fraction of sp³-hybridized carbons (Fsp3) is 0.500. The molecule has 1 heterocycles. The summed E-state index contributed by atoms with van der Waals surface area (Å²) in [6.45, 7) is 5.44. The number of esters is 1. The van der Waals surface area contributed by atoms with Crippen LogP contribution < -0.4 is 0 Å². The van der Waals surface area contributed by atoms with Crippen LogP contribution in [0.15, 0.2) is 18.2 Å². The first kappa shape index (κ1) is 14.6. The van der Waals surface area contributed by atoms with Gasteiger partial charge in [-0.1, -0.05) is 29.3 Å². The summed E-state index contributed by atoms with van der Waals surface area (Å²) in [7, 11) is 1.24. The van der Waals surface area contributed by atoms with E-state index in [2.05, 4.69) is 36.8 Å². The van der Waals surface area contributed by atoms with Gasteiger partial charge in [-0.25, -0.2) is 4.79 Å². The molecule has 2 rings (SSSR count). The molecule has 0 unspecified atom stereocenters. The second kappa shape index (κ2) is 6.07. The molecule has 4 heteroatoms. The summed E-state index contributed by atoms with van der Waals surface area (Å²) in [5.41, 5.74) is 3.88. The zero-order valence-electron chi connectivity index (χ0n) is 12.3. The lowest BCUT2D eigenvalue weighted by Gasteiger charge is -2.31. The minimum atomic E-state index is -0.769. The van der Waals surface area contributed by atoms with E-state index < -0.39 is 11.9 Å².